The number of amides is 2. The largest absolute Gasteiger partial charge is 0.371 e. The van der Waals surface area contributed by atoms with E-state index in [1.54, 1.807) is 17.5 Å². The van der Waals surface area contributed by atoms with E-state index in [-0.39, 0.29) is 30.3 Å². The van der Waals surface area contributed by atoms with Gasteiger partial charge in [0.15, 0.2) is 0 Å². The van der Waals surface area contributed by atoms with Crippen LogP contribution >= 0.6 is 11.3 Å². The molecule has 2 aromatic carbocycles. The molecule has 172 valence electrons. The third kappa shape index (κ3) is 4.09. The fourth-order valence-corrected chi connectivity index (χ4v) is 5.26. The summed E-state index contributed by atoms with van der Waals surface area (Å²) in [5.74, 6) is 0.536. The summed E-state index contributed by atoms with van der Waals surface area (Å²) in [6.45, 7) is 0.831. The van der Waals surface area contributed by atoms with Gasteiger partial charge in [-0.15, -0.1) is 11.3 Å². The lowest BCUT2D eigenvalue weighted by Crippen LogP contribution is -2.46. The van der Waals surface area contributed by atoms with E-state index >= 15 is 0 Å². The molecule has 4 atom stereocenters. The van der Waals surface area contributed by atoms with Crippen molar-refractivity contribution in [1.29, 1.82) is 0 Å². The van der Waals surface area contributed by atoms with Crippen LogP contribution in [-0.4, -0.2) is 53.5 Å². The summed E-state index contributed by atoms with van der Waals surface area (Å²) >= 11 is 1.64. The predicted molar refractivity (Wildman–Crippen MR) is 132 cm³/mol. The number of benzene rings is 2. The molecule has 2 fully saturated rings. The molecule has 0 bridgehead atoms. The zero-order valence-corrected chi connectivity index (χ0v) is 19.0. The summed E-state index contributed by atoms with van der Waals surface area (Å²) in [5, 5.41) is 13.4. The first-order chi connectivity index (χ1) is 16.7. The highest BCUT2D eigenvalue weighted by atomic mass is 32.1. The van der Waals surface area contributed by atoms with Crippen molar-refractivity contribution < 1.29 is 14.3 Å². The van der Waals surface area contributed by atoms with E-state index in [0.717, 1.165) is 27.0 Å². The third-order valence-electron chi connectivity index (χ3n) is 6.15. The number of hydrogen-bond donors (Lipinski definition) is 3. The summed E-state index contributed by atoms with van der Waals surface area (Å²) in [5.41, 5.74) is 1.64. The zero-order valence-electron chi connectivity index (χ0n) is 18.2. The van der Waals surface area contributed by atoms with E-state index in [1.807, 2.05) is 66.0 Å². The molecular weight excluding hydrogens is 450 g/mol. The average molecular weight is 474 g/mol. The predicted octanol–water partition coefficient (Wildman–Crippen LogP) is 4.13. The molecular formula is C25H23N5O3S. The highest BCUT2D eigenvalue weighted by Crippen LogP contribution is 2.30. The van der Waals surface area contributed by atoms with Gasteiger partial charge in [-0.25, -0.2) is 14.8 Å². The maximum Gasteiger partial charge on any atom is 0.319 e. The Morgan fingerprint density at radius 2 is 1.76 bits per heavy atom. The van der Waals surface area contributed by atoms with E-state index in [4.69, 9.17) is 9.47 Å². The van der Waals surface area contributed by atoms with Gasteiger partial charge in [0, 0.05) is 11.6 Å². The van der Waals surface area contributed by atoms with Gasteiger partial charge in [0.2, 0.25) is 5.95 Å². The van der Waals surface area contributed by atoms with Gasteiger partial charge in [0.25, 0.3) is 0 Å². The number of nitrogens with one attached hydrogen (secondary N) is 3. The molecule has 2 amide bonds. The van der Waals surface area contributed by atoms with Crippen LogP contribution in [0.4, 0.5) is 16.4 Å². The van der Waals surface area contributed by atoms with Crippen LogP contribution in [0.15, 0.2) is 72.2 Å². The first kappa shape index (κ1) is 21.0. The van der Waals surface area contributed by atoms with Crippen LogP contribution in [-0.2, 0) is 9.47 Å². The highest BCUT2D eigenvalue weighted by Gasteiger charge is 2.48. The van der Waals surface area contributed by atoms with E-state index in [2.05, 4.69) is 25.9 Å². The van der Waals surface area contributed by atoms with Crippen LogP contribution in [0, 0.1) is 0 Å². The van der Waals surface area contributed by atoms with Gasteiger partial charge in [-0.1, -0.05) is 42.5 Å². The lowest BCUT2D eigenvalue weighted by atomic mass is 10.1. The molecule has 2 aliphatic heterocycles. The Labute approximate surface area is 200 Å². The summed E-state index contributed by atoms with van der Waals surface area (Å²) in [7, 11) is 0. The van der Waals surface area contributed by atoms with Gasteiger partial charge in [-0.3, -0.25) is 0 Å². The molecule has 2 aliphatic rings. The Kier molecular flexibility index (Phi) is 5.58. The lowest BCUT2D eigenvalue weighted by molar-refractivity contribution is 0.0683. The standard InChI is InChI=1S/C25H23N5O3S/c31-25(29-17-8-3-6-15-5-1-2-7-16(15)17)30-20-14-33-22-19(13-32-23(20)22)28-24-26-11-10-18(27-24)21-9-4-12-34-21/h1-12,19-20,22-23H,13-14H2,(H,26,27,28)(H2,29,30,31)/t19-,20+,22-,23+/m0/s1. The first-order valence-corrected chi connectivity index (χ1v) is 12.0. The summed E-state index contributed by atoms with van der Waals surface area (Å²) in [6, 6.07) is 19.1. The van der Waals surface area contributed by atoms with E-state index in [1.165, 1.54) is 0 Å². The molecule has 6 rings (SSSR count). The number of anilines is 2. The molecule has 0 saturated carbocycles. The molecule has 4 heterocycles. The van der Waals surface area contributed by atoms with Crippen molar-refractivity contribution >= 4 is 39.8 Å². The number of thiophene rings is 1. The van der Waals surface area contributed by atoms with Gasteiger partial charge in [0.05, 0.1) is 41.6 Å². The van der Waals surface area contributed by atoms with Crippen LogP contribution in [0.5, 0.6) is 0 Å². The van der Waals surface area contributed by atoms with Gasteiger partial charge < -0.3 is 25.4 Å². The molecule has 34 heavy (non-hydrogen) atoms. The van der Waals surface area contributed by atoms with Gasteiger partial charge in [0.1, 0.15) is 12.2 Å². The molecule has 0 aliphatic carbocycles. The number of nitrogens with zero attached hydrogens (tertiary/aromatic N) is 2. The minimum Gasteiger partial charge on any atom is -0.371 e. The molecule has 4 aromatic rings. The first-order valence-electron chi connectivity index (χ1n) is 11.2. The van der Waals surface area contributed by atoms with Crippen molar-refractivity contribution in [3.05, 3.63) is 72.2 Å². The summed E-state index contributed by atoms with van der Waals surface area (Å²) in [6.07, 6.45) is 1.31. The number of aromatic nitrogens is 2. The maximum absolute atomic E-state index is 12.8. The minimum absolute atomic E-state index is 0.100. The van der Waals surface area contributed by atoms with Crippen LogP contribution in [0.1, 0.15) is 0 Å². The molecule has 2 aromatic heterocycles. The number of carbonyl (C=O) groups is 1. The van der Waals surface area contributed by atoms with Crippen LogP contribution in [0.2, 0.25) is 0 Å². The van der Waals surface area contributed by atoms with E-state index < -0.39 is 0 Å². The minimum atomic E-state index is -0.280. The maximum atomic E-state index is 12.8. The number of fused-ring (bicyclic) bond motifs is 2. The molecule has 8 nitrogen and oxygen atoms in total. The highest BCUT2D eigenvalue weighted by molar-refractivity contribution is 7.13. The smallest absolute Gasteiger partial charge is 0.319 e. The lowest BCUT2D eigenvalue weighted by Gasteiger charge is -2.19. The quantitative estimate of drug-likeness (QED) is 0.403. The number of urea groups is 1. The van der Waals surface area contributed by atoms with Crippen LogP contribution < -0.4 is 16.0 Å². The van der Waals surface area contributed by atoms with Crippen molar-refractivity contribution in [3.63, 3.8) is 0 Å². The molecule has 2 saturated heterocycles. The summed E-state index contributed by atoms with van der Waals surface area (Å²) < 4.78 is 12.0. The Morgan fingerprint density at radius 3 is 2.65 bits per heavy atom. The second kappa shape index (κ2) is 9.02. The molecule has 3 N–H and O–H groups in total. The second-order valence-electron chi connectivity index (χ2n) is 8.32. The monoisotopic (exact) mass is 473 g/mol. The van der Waals surface area contributed by atoms with Crippen LogP contribution in [0.25, 0.3) is 21.3 Å². The SMILES string of the molecule is O=C(Nc1cccc2ccccc12)N[C@@H]1CO[C@@H]2[C@@H]1OC[C@@H]2Nc1nccc(-c2cccs2)n1. The molecule has 0 unspecified atom stereocenters. The molecule has 0 radical (unpaired) electrons. The number of ether oxygens (including phenoxy) is 2. The molecule has 0 spiro atoms. The van der Waals surface area contributed by atoms with E-state index in [9.17, 15) is 4.79 Å². The molecule has 9 heteroatoms. The summed E-state index contributed by atoms with van der Waals surface area (Å²) in [4.78, 5) is 22.8. The zero-order chi connectivity index (χ0) is 22.9. The number of hydrogen-bond acceptors (Lipinski definition) is 7. The van der Waals surface area contributed by atoms with Crippen molar-refractivity contribution in [3.8, 4) is 10.6 Å². The fourth-order valence-electron chi connectivity index (χ4n) is 4.56. The Bertz CT molecular complexity index is 1310. The number of rotatable bonds is 5. The Balaban J connectivity index is 1.09. The fraction of sp³-hybridized carbons (Fsp3) is 0.240. The van der Waals surface area contributed by atoms with E-state index in [0.29, 0.717) is 19.2 Å². The van der Waals surface area contributed by atoms with Gasteiger partial charge in [-0.2, -0.15) is 0 Å². The second-order valence-corrected chi connectivity index (χ2v) is 9.27. The van der Waals surface area contributed by atoms with Crippen LogP contribution in [0.3, 0.4) is 0 Å². The Morgan fingerprint density at radius 1 is 0.941 bits per heavy atom. The van der Waals surface area contributed by atoms with Gasteiger partial charge in [-0.05, 0) is 29.0 Å². The Hall–Kier alpha value is -3.53. The normalized spacial score (nSPS) is 23.5. The van der Waals surface area contributed by atoms with Crippen molar-refractivity contribution in [2.45, 2.75) is 24.3 Å². The number of carbonyl (C=O) groups excluding carboxylic acids is 1. The van der Waals surface area contributed by atoms with Gasteiger partial charge >= 0.3 is 6.03 Å². The van der Waals surface area contributed by atoms with Crippen molar-refractivity contribution in [2.75, 3.05) is 23.8 Å². The van der Waals surface area contributed by atoms with Crippen molar-refractivity contribution in [1.82, 2.24) is 15.3 Å². The van der Waals surface area contributed by atoms with Crippen molar-refractivity contribution in [2.24, 2.45) is 0 Å². The average Bonchev–Trinajstić information content (AvgIpc) is 3.60. The topological polar surface area (TPSA) is 97.4 Å². The third-order valence-corrected chi connectivity index (χ3v) is 7.04.